The standard InChI is InChI=1S/C22H26N2O3S/c1-14-17(21(25)26)12-19(24(14)10-11-27-5)18-13-28-20(23-18)15-6-8-16(9-7-15)22(2,3)4/h6-9,12-13H,10-11H2,1-5H3,(H,25,26). The second kappa shape index (κ2) is 7.89. The Balaban J connectivity index is 1.97. The summed E-state index contributed by atoms with van der Waals surface area (Å²) in [5.41, 5.74) is 5.06. The molecule has 0 amide bonds. The Bertz CT molecular complexity index is 978. The molecule has 3 rings (SSSR count). The normalized spacial score (nSPS) is 11.8. The van der Waals surface area contributed by atoms with Crippen molar-refractivity contribution in [2.75, 3.05) is 13.7 Å². The fraction of sp³-hybridized carbons (Fsp3) is 0.364. The minimum Gasteiger partial charge on any atom is -0.478 e. The Kier molecular flexibility index (Phi) is 5.72. The molecule has 0 saturated heterocycles. The Morgan fingerprint density at radius 3 is 2.50 bits per heavy atom. The third kappa shape index (κ3) is 4.03. The highest BCUT2D eigenvalue weighted by molar-refractivity contribution is 7.13. The first-order chi connectivity index (χ1) is 13.2. The molecule has 0 spiro atoms. The van der Waals surface area contributed by atoms with Gasteiger partial charge in [0.15, 0.2) is 0 Å². The topological polar surface area (TPSA) is 64.4 Å². The molecule has 28 heavy (non-hydrogen) atoms. The molecule has 1 aromatic carbocycles. The first-order valence-corrected chi connectivity index (χ1v) is 10.1. The van der Waals surface area contributed by atoms with Crippen LogP contribution in [-0.2, 0) is 16.7 Å². The van der Waals surface area contributed by atoms with Crippen molar-refractivity contribution < 1.29 is 14.6 Å². The van der Waals surface area contributed by atoms with Gasteiger partial charge < -0.3 is 14.4 Å². The van der Waals surface area contributed by atoms with Crippen LogP contribution in [0.25, 0.3) is 22.0 Å². The monoisotopic (exact) mass is 398 g/mol. The van der Waals surface area contributed by atoms with E-state index in [1.54, 1.807) is 24.5 Å². The van der Waals surface area contributed by atoms with E-state index in [1.807, 2.05) is 16.9 Å². The van der Waals surface area contributed by atoms with Crippen molar-refractivity contribution >= 4 is 17.3 Å². The lowest BCUT2D eigenvalue weighted by atomic mass is 9.87. The van der Waals surface area contributed by atoms with E-state index in [1.165, 1.54) is 5.56 Å². The minimum absolute atomic E-state index is 0.111. The highest BCUT2D eigenvalue weighted by Crippen LogP contribution is 2.32. The lowest BCUT2D eigenvalue weighted by Crippen LogP contribution is -2.10. The first kappa shape index (κ1) is 20.3. The maximum absolute atomic E-state index is 11.6. The van der Waals surface area contributed by atoms with Gasteiger partial charge in [0.05, 0.1) is 23.6 Å². The average molecular weight is 399 g/mol. The van der Waals surface area contributed by atoms with Gasteiger partial charge in [-0.3, -0.25) is 0 Å². The summed E-state index contributed by atoms with van der Waals surface area (Å²) in [6.07, 6.45) is 0. The average Bonchev–Trinajstić information content (AvgIpc) is 3.24. The van der Waals surface area contributed by atoms with Crippen LogP contribution in [0.1, 0.15) is 42.4 Å². The zero-order chi connectivity index (χ0) is 20.5. The van der Waals surface area contributed by atoms with Crippen molar-refractivity contribution in [1.82, 2.24) is 9.55 Å². The van der Waals surface area contributed by atoms with Crippen LogP contribution in [0.2, 0.25) is 0 Å². The van der Waals surface area contributed by atoms with Gasteiger partial charge in [0, 0.05) is 30.3 Å². The van der Waals surface area contributed by atoms with Gasteiger partial charge in [0.2, 0.25) is 0 Å². The number of benzene rings is 1. The van der Waals surface area contributed by atoms with Crippen molar-refractivity contribution in [2.24, 2.45) is 0 Å². The molecule has 0 saturated carbocycles. The number of thiazole rings is 1. The van der Waals surface area contributed by atoms with Crippen molar-refractivity contribution in [2.45, 2.75) is 39.7 Å². The number of carboxylic acids is 1. The second-order valence-corrected chi connectivity index (χ2v) is 8.70. The Morgan fingerprint density at radius 2 is 1.93 bits per heavy atom. The van der Waals surface area contributed by atoms with Gasteiger partial charge in [-0.05, 0) is 24.0 Å². The molecule has 148 valence electrons. The molecule has 0 aliphatic rings. The number of aromatic carboxylic acids is 1. The number of ether oxygens (including phenoxy) is 1. The second-order valence-electron chi connectivity index (χ2n) is 7.84. The minimum atomic E-state index is -0.928. The van der Waals surface area contributed by atoms with E-state index in [-0.39, 0.29) is 5.41 Å². The number of carboxylic acid groups (broad SMARTS) is 1. The Morgan fingerprint density at radius 1 is 1.25 bits per heavy atom. The molecule has 0 aliphatic heterocycles. The molecule has 0 unspecified atom stereocenters. The van der Waals surface area contributed by atoms with Gasteiger partial charge in [-0.1, -0.05) is 45.0 Å². The summed E-state index contributed by atoms with van der Waals surface area (Å²) < 4.78 is 7.16. The molecule has 1 N–H and O–H groups in total. The molecular formula is C22H26N2O3S. The predicted molar refractivity (Wildman–Crippen MR) is 113 cm³/mol. The largest absolute Gasteiger partial charge is 0.478 e. The maximum atomic E-state index is 11.6. The zero-order valence-electron chi connectivity index (χ0n) is 16.9. The highest BCUT2D eigenvalue weighted by atomic mass is 32.1. The first-order valence-electron chi connectivity index (χ1n) is 9.21. The molecule has 5 nitrogen and oxygen atoms in total. The number of rotatable bonds is 6. The van der Waals surface area contributed by atoms with Crippen molar-refractivity contribution in [3.05, 3.63) is 52.5 Å². The van der Waals surface area contributed by atoms with Crippen LogP contribution in [0.5, 0.6) is 0 Å². The van der Waals surface area contributed by atoms with E-state index in [0.29, 0.717) is 24.4 Å². The van der Waals surface area contributed by atoms with Crippen molar-refractivity contribution in [1.29, 1.82) is 0 Å². The van der Waals surface area contributed by atoms with Gasteiger partial charge in [0.25, 0.3) is 0 Å². The molecule has 2 aromatic heterocycles. The fourth-order valence-corrected chi connectivity index (χ4v) is 4.00. The zero-order valence-corrected chi connectivity index (χ0v) is 17.8. The summed E-state index contributed by atoms with van der Waals surface area (Å²) in [4.78, 5) is 16.4. The molecule has 0 aliphatic carbocycles. The maximum Gasteiger partial charge on any atom is 0.337 e. The summed E-state index contributed by atoms with van der Waals surface area (Å²) in [5.74, 6) is -0.928. The van der Waals surface area contributed by atoms with E-state index in [9.17, 15) is 9.90 Å². The van der Waals surface area contributed by atoms with E-state index >= 15 is 0 Å². The molecule has 6 heteroatoms. The lowest BCUT2D eigenvalue weighted by molar-refractivity contribution is 0.0696. The number of aromatic nitrogens is 2. The summed E-state index contributed by atoms with van der Waals surface area (Å²) in [7, 11) is 1.64. The van der Waals surface area contributed by atoms with E-state index in [2.05, 4.69) is 45.0 Å². The Labute approximate surface area is 169 Å². The van der Waals surface area contributed by atoms with E-state index in [4.69, 9.17) is 9.72 Å². The fourth-order valence-electron chi connectivity index (χ4n) is 3.18. The number of hydrogen-bond acceptors (Lipinski definition) is 4. The van der Waals surface area contributed by atoms with Crippen LogP contribution in [-0.4, -0.2) is 34.3 Å². The van der Waals surface area contributed by atoms with Gasteiger partial charge >= 0.3 is 5.97 Å². The van der Waals surface area contributed by atoms with E-state index in [0.717, 1.165) is 22.0 Å². The molecule has 0 fully saturated rings. The van der Waals surface area contributed by atoms with Gasteiger partial charge in [-0.15, -0.1) is 11.3 Å². The van der Waals surface area contributed by atoms with Crippen LogP contribution in [0.4, 0.5) is 0 Å². The lowest BCUT2D eigenvalue weighted by Gasteiger charge is -2.18. The smallest absolute Gasteiger partial charge is 0.337 e. The third-order valence-electron chi connectivity index (χ3n) is 4.88. The number of nitrogens with zero attached hydrogens (tertiary/aromatic N) is 2. The summed E-state index contributed by atoms with van der Waals surface area (Å²) in [6.45, 7) is 9.49. The summed E-state index contributed by atoms with van der Waals surface area (Å²) in [6, 6.07) is 10.2. The van der Waals surface area contributed by atoms with Crippen molar-refractivity contribution in [3.63, 3.8) is 0 Å². The quantitative estimate of drug-likeness (QED) is 0.617. The molecular weight excluding hydrogens is 372 g/mol. The van der Waals surface area contributed by atoms with Crippen LogP contribution in [0.15, 0.2) is 35.7 Å². The van der Waals surface area contributed by atoms with E-state index < -0.39 is 5.97 Å². The van der Waals surface area contributed by atoms with Crippen LogP contribution in [0.3, 0.4) is 0 Å². The van der Waals surface area contributed by atoms with Gasteiger partial charge in [-0.25, -0.2) is 9.78 Å². The number of methoxy groups -OCH3 is 1. The number of hydrogen-bond donors (Lipinski definition) is 1. The van der Waals surface area contributed by atoms with Gasteiger partial charge in [-0.2, -0.15) is 0 Å². The highest BCUT2D eigenvalue weighted by Gasteiger charge is 2.20. The van der Waals surface area contributed by atoms with Crippen LogP contribution >= 0.6 is 11.3 Å². The van der Waals surface area contributed by atoms with Crippen LogP contribution < -0.4 is 0 Å². The summed E-state index contributed by atoms with van der Waals surface area (Å²) in [5, 5.41) is 12.4. The Hall–Kier alpha value is -2.44. The predicted octanol–water partition coefficient (Wildman–Crippen LogP) is 5.23. The third-order valence-corrected chi connectivity index (χ3v) is 5.77. The molecule has 2 heterocycles. The van der Waals surface area contributed by atoms with Gasteiger partial charge in [0.1, 0.15) is 5.01 Å². The molecule has 0 radical (unpaired) electrons. The SMILES string of the molecule is COCCn1c(-c2csc(-c3ccc(C(C)(C)C)cc3)n2)cc(C(=O)O)c1C. The van der Waals surface area contributed by atoms with Crippen molar-refractivity contribution in [3.8, 4) is 22.0 Å². The molecule has 3 aromatic rings. The molecule has 0 atom stereocenters. The van der Waals surface area contributed by atoms with Crippen LogP contribution in [0, 0.1) is 6.92 Å². The summed E-state index contributed by atoms with van der Waals surface area (Å²) >= 11 is 1.56. The number of carbonyl (C=O) groups is 1. The molecule has 0 bridgehead atoms.